The molecule has 6 nitrogen and oxygen atoms in total. The molecule has 0 spiro atoms. The van der Waals surface area contributed by atoms with E-state index in [1.807, 2.05) is 49.3 Å². The molecule has 1 aromatic carbocycles. The fraction of sp³-hybridized carbons (Fsp3) is 0.556. The van der Waals surface area contributed by atoms with Gasteiger partial charge in [0, 0.05) is 32.0 Å². The molecule has 0 atom stereocenters. The van der Waals surface area contributed by atoms with E-state index in [4.69, 9.17) is 4.74 Å². The molecule has 0 unspecified atom stereocenters. The number of hydrogen-bond donors (Lipinski definition) is 1. The van der Waals surface area contributed by atoms with Crippen LogP contribution in [0.1, 0.15) is 18.4 Å². The molecule has 0 bridgehead atoms. The first-order valence-electron chi connectivity index (χ1n) is 8.41. The van der Waals surface area contributed by atoms with E-state index in [1.165, 1.54) is 0 Å². The van der Waals surface area contributed by atoms with Gasteiger partial charge in [0.2, 0.25) is 5.91 Å². The van der Waals surface area contributed by atoms with Crippen LogP contribution in [0, 0.1) is 5.92 Å². The number of nitrogens with one attached hydrogen (secondary N) is 1. The van der Waals surface area contributed by atoms with E-state index in [2.05, 4.69) is 10.2 Å². The van der Waals surface area contributed by atoms with E-state index in [1.54, 1.807) is 0 Å². The van der Waals surface area contributed by atoms with Gasteiger partial charge in [-0.3, -0.25) is 4.79 Å². The smallest absolute Gasteiger partial charge is 0.407 e. The molecule has 6 heteroatoms. The fourth-order valence-corrected chi connectivity index (χ4v) is 2.61. The Morgan fingerprint density at radius 3 is 2.62 bits per heavy atom. The molecular weight excluding hydrogens is 306 g/mol. The van der Waals surface area contributed by atoms with Crippen molar-refractivity contribution in [1.82, 2.24) is 15.1 Å². The van der Waals surface area contributed by atoms with E-state index in [-0.39, 0.29) is 12.5 Å². The quantitative estimate of drug-likeness (QED) is 0.787. The molecule has 1 saturated heterocycles. The van der Waals surface area contributed by atoms with Crippen molar-refractivity contribution < 1.29 is 14.3 Å². The molecule has 1 aromatic rings. The minimum atomic E-state index is -0.408. The van der Waals surface area contributed by atoms with Gasteiger partial charge in [-0.1, -0.05) is 30.3 Å². The molecular formula is C18H27N3O3. The van der Waals surface area contributed by atoms with Crippen molar-refractivity contribution >= 4 is 12.0 Å². The lowest BCUT2D eigenvalue weighted by Crippen LogP contribution is -2.53. The summed E-state index contributed by atoms with van der Waals surface area (Å²) in [5.41, 5.74) is 0.964. The molecule has 24 heavy (non-hydrogen) atoms. The summed E-state index contributed by atoms with van der Waals surface area (Å²) in [7, 11) is 4.01. The second-order valence-corrected chi connectivity index (χ2v) is 6.51. The molecule has 2 amide bonds. The first kappa shape index (κ1) is 18.3. The fourth-order valence-electron chi connectivity index (χ4n) is 2.61. The minimum Gasteiger partial charge on any atom is -0.445 e. The van der Waals surface area contributed by atoms with Crippen LogP contribution in [0.3, 0.4) is 0 Å². The van der Waals surface area contributed by atoms with E-state index in [0.29, 0.717) is 18.9 Å². The SMILES string of the molecule is CN(C)CCCC(=O)N1CC(CNC(=O)OCc2ccccc2)C1. The molecule has 1 aliphatic heterocycles. The summed E-state index contributed by atoms with van der Waals surface area (Å²) >= 11 is 0. The van der Waals surface area contributed by atoms with Gasteiger partial charge in [0.05, 0.1) is 0 Å². The van der Waals surface area contributed by atoms with Crippen LogP contribution in [0.2, 0.25) is 0 Å². The average molecular weight is 333 g/mol. The first-order chi connectivity index (χ1) is 11.5. The number of nitrogens with zero attached hydrogens (tertiary/aromatic N) is 2. The summed E-state index contributed by atoms with van der Waals surface area (Å²) in [5, 5.41) is 2.77. The van der Waals surface area contributed by atoms with Crippen molar-refractivity contribution in [3.05, 3.63) is 35.9 Å². The van der Waals surface area contributed by atoms with Crippen molar-refractivity contribution in [2.75, 3.05) is 40.3 Å². The lowest BCUT2D eigenvalue weighted by Gasteiger charge is -2.39. The lowest BCUT2D eigenvalue weighted by atomic mass is 9.99. The number of carbonyl (C=O) groups excluding carboxylic acids is 2. The van der Waals surface area contributed by atoms with Crippen LogP contribution in [-0.4, -0.2) is 62.1 Å². The minimum absolute atomic E-state index is 0.208. The van der Waals surface area contributed by atoms with Gasteiger partial charge >= 0.3 is 6.09 Å². The second-order valence-electron chi connectivity index (χ2n) is 6.51. The van der Waals surface area contributed by atoms with Gasteiger partial charge < -0.3 is 19.9 Å². The highest BCUT2D eigenvalue weighted by Gasteiger charge is 2.30. The standard InChI is InChI=1S/C18H27N3O3/c1-20(2)10-6-9-17(22)21-12-16(13-21)11-19-18(23)24-14-15-7-4-3-5-8-15/h3-5,7-8,16H,6,9-14H2,1-2H3,(H,19,23). The van der Waals surface area contributed by atoms with Gasteiger partial charge in [0.1, 0.15) is 6.61 Å². The number of benzene rings is 1. The molecule has 2 rings (SSSR count). The topological polar surface area (TPSA) is 61.9 Å². The third-order valence-corrected chi connectivity index (χ3v) is 4.05. The van der Waals surface area contributed by atoms with Gasteiger partial charge in [-0.2, -0.15) is 0 Å². The van der Waals surface area contributed by atoms with Gasteiger partial charge in [-0.05, 0) is 32.6 Å². The Morgan fingerprint density at radius 2 is 1.96 bits per heavy atom. The third-order valence-electron chi connectivity index (χ3n) is 4.05. The van der Waals surface area contributed by atoms with Crippen molar-refractivity contribution in [2.45, 2.75) is 19.4 Å². The molecule has 0 saturated carbocycles. The van der Waals surface area contributed by atoms with Crippen LogP contribution < -0.4 is 5.32 Å². The largest absolute Gasteiger partial charge is 0.445 e. The Hall–Kier alpha value is -2.08. The Balaban J connectivity index is 1.53. The van der Waals surface area contributed by atoms with Gasteiger partial charge in [-0.15, -0.1) is 0 Å². The zero-order valence-corrected chi connectivity index (χ0v) is 14.5. The molecule has 1 N–H and O–H groups in total. The molecule has 1 heterocycles. The summed E-state index contributed by atoms with van der Waals surface area (Å²) in [6, 6.07) is 9.58. The van der Waals surface area contributed by atoms with E-state index in [9.17, 15) is 9.59 Å². The van der Waals surface area contributed by atoms with Gasteiger partial charge in [-0.25, -0.2) is 4.79 Å². The van der Waals surface area contributed by atoms with E-state index < -0.39 is 6.09 Å². The zero-order chi connectivity index (χ0) is 17.4. The Bertz CT molecular complexity index is 528. The summed E-state index contributed by atoms with van der Waals surface area (Å²) in [6.07, 6.45) is 1.07. The third kappa shape index (κ3) is 6.20. The molecule has 0 aliphatic carbocycles. The highest BCUT2D eigenvalue weighted by Crippen LogP contribution is 2.16. The summed E-state index contributed by atoms with van der Waals surface area (Å²) in [4.78, 5) is 27.5. The average Bonchev–Trinajstić information content (AvgIpc) is 2.52. The maximum absolute atomic E-state index is 11.9. The number of hydrogen-bond acceptors (Lipinski definition) is 4. The van der Waals surface area contributed by atoms with Crippen LogP contribution in [0.4, 0.5) is 4.79 Å². The predicted octanol–water partition coefficient (Wildman–Crippen LogP) is 1.71. The van der Waals surface area contributed by atoms with Gasteiger partial charge in [0.15, 0.2) is 0 Å². The monoisotopic (exact) mass is 333 g/mol. The molecule has 0 aromatic heterocycles. The van der Waals surface area contributed by atoms with E-state index >= 15 is 0 Å². The van der Waals surface area contributed by atoms with Crippen LogP contribution in [0.15, 0.2) is 30.3 Å². The van der Waals surface area contributed by atoms with Crippen LogP contribution in [0.25, 0.3) is 0 Å². The number of rotatable bonds is 8. The number of likely N-dealkylation sites (tertiary alicyclic amines) is 1. The predicted molar refractivity (Wildman–Crippen MR) is 92.5 cm³/mol. The first-order valence-corrected chi connectivity index (χ1v) is 8.41. The summed E-state index contributed by atoms with van der Waals surface area (Å²) < 4.78 is 5.16. The Morgan fingerprint density at radius 1 is 1.25 bits per heavy atom. The molecule has 0 radical (unpaired) electrons. The van der Waals surface area contributed by atoms with Crippen molar-refractivity contribution in [1.29, 1.82) is 0 Å². The maximum atomic E-state index is 11.9. The normalized spacial score (nSPS) is 14.4. The van der Waals surface area contributed by atoms with Crippen molar-refractivity contribution in [3.8, 4) is 0 Å². The highest BCUT2D eigenvalue weighted by atomic mass is 16.5. The Labute approximate surface area is 143 Å². The number of alkyl carbamates (subject to hydrolysis) is 1. The molecule has 132 valence electrons. The Kier molecular flexibility index (Phi) is 7.06. The number of ether oxygens (including phenoxy) is 1. The van der Waals surface area contributed by atoms with Crippen molar-refractivity contribution in [3.63, 3.8) is 0 Å². The lowest BCUT2D eigenvalue weighted by molar-refractivity contribution is -0.137. The van der Waals surface area contributed by atoms with E-state index in [0.717, 1.165) is 31.6 Å². The highest BCUT2D eigenvalue weighted by molar-refractivity contribution is 5.77. The number of amides is 2. The van der Waals surface area contributed by atoms with Crippen LogP contribution >= 0.6 is 0 Å². The summed E-state index contributed by atoms with van der Waals surface area (Å²) in [5.74, 6) is 0.534. The van der Waals surface area contributed by atoms with Crippen LogP contribution in [-0.2, 0) is 16.1 Å². The maximum Gasteiger partial charge on any atom is 0.407 e. The van der Waals surface area contributed by atoms with Crippen LogP contribution in [0.5, 0.6) is 0 Å². The molecule has 1 aliphatic rings. The summed E-state index contributed by atoms with van der Waals surface area (Å²) in [6.45, 7) is 3.19. The number of carbonyl (C=O) groups is 2. The van der Waals surface area contributed by atoms with Crippen molar-refractivity contribution in [2.24, 2.45) is 5.92 Å². The molecule has 1 fully saturated rings. The zero-order valence-electron chi connectivity index (χ0n) is 14.5. The second kappa shape index (κ2) is 9.27. The van der Waals surface area contributed by atoms with Gasteiger partial charge in [0.25, 0.3) is 0 Å².